The number of hydrogen-bond donors (Lipinski definition) is 0. The molecule has 4 rings (SSSR count). The number of methoxy groups -OCH3 is 2. The van der Waals surface area contributed by atoms with E-state index in [2.05, 4.69) is 15.5 Å². The van der Waals surface area contributed by atoms with Crippen molar-refractivity contribution in [3.63, 3.8) is 0 Å². The average molecular weight is 429 g/mol. The van der Waals surface area contributed by atoms with Crippen molar-refractivity contribution in [2.45, 2.75) is 18.1 Å². The molecule has 1 aromatic heterocycles. The molecule has 1 aliphatic rings. The predicted molar refractivity (Wildman–Crippen MR) is 109 cm³/mol. The summed E-state index contributed by atoms with van der Waals surface area (Å²) in [5, 5.41) is 11.9. The summed E-state index contributed by atoms with van der Waals surface area (Å²) in [6.07, 6.45) is 0.743. The van der Waals surface area contributed by atoms with Gasteiger partial charge in [-0.15, -0.1) is 5.10 Å². The van der Waals surface area contributed by atoms with Crippen LogP contribution in [0.25, 0.3) is 5.69 Å². The minimum absolute atomic E-state index is 0.0192. The zero-order valence-corrected chi connectivity index (χ0v) is 17.4. The zero-order valence-electron chi connectivity index (χ0n) is 16.5. The van der Waals surface area contributed by atoms with Gasteiger partial charge in [0.25, 0.3) is 0 Å². The maximum atomic E-state index is 13.5. The first-order chi connectivity index (χ1) is 14.6. The predicted octanol–water partition coefficient (Wildman–Crippen LogP) is 2.50. The number of amides is 1. The van der Waals surface area contributed by atoms with Gasteiger partial charge in [0.2, 0.25) is 11.1 Å². The molecular weight excluding hydrogens is 409 g/mol. The highest BCUT2D eigenvalue weighted by Crippen LogP contribution is 2.33. The van der Waals surface area contributed by atoms with E-state index in [9.17, 15) is 9.18 Å². The number of benzene rings is 2. The van der Waals surface area contributed by atoms with E-state index in [1.54, 1.807) is 31.3 Å². The van der Waals surface area contributed by atoms with Gasteiger partial charge in [-0.1, -0.05) is 17.8 Å². The molecule has 0 N–H and O–H groups in total. The summed E-state index contributed by atoms with van der Waals surface area (Å²) in [5.41, 5.74) is 2.70. The third kappa shape index (κ3) is 4.09. The molecule has 156 valence electrons. The number of hydrogen-bond acceptors (Lipinski definition) is 7. The fourth-order valence-corrected chi connectivity index (χ4v) is 4.15. The topological polar surface area (TPSA) is 82.4 Å². The van der Waals surface area contributed by atoms with Gasteiger partial charge >= 0.3 is 0 Å². The van der Waals surface area contributed by atoms with E-state index in [4.69, 9.17) is 9.47 Å². The maximum absolute atomic E-state index is 13.5. The van der Waals surface area contributed by atoms with Crippen molar-refractivity contribution in [3.05, 3.63) is 53.3 Å². The molecule has 10 heteroatoms. The van der Waals surface area contributed by atoms with Crippen molar-refractivity contribution in [2.75, 3.05) is 26.5 Å². The van der Waals surface area contributed by atoms with Gasteiger partial charge < -0.3 is 14.4 Å². The van der Waals surface area contributed by atoms with Crippen LogP contribution in [0.5, 0.6) is 11.5 Å². The van der Waals surface area contributed by atoms with Gasteiger partial charge in [0.05, 0.1) is 25.7 Å². The van der Waals surface area contributed by atoms with Crippen LogP contribution in [-0.2, 0) is 17.8 Å². The van der Waals surface area contributed by atoms with Crippen molar-refractivity contribution in [2.24, 2.45) is 0 Å². The van der Waals surface area contributed by atoms with Crippen LogP contribution in [-0.4, -0.2) is 57.5 Å². The second kappa shape index (κ2) is 8.70. The highest BCUT2D eigenvalue weighted by Gasteiger charge is 2.23. The molecule has 30 heavy (non-hydrogen) atoms. The number of carbonyl (C=O) groups is 1. The Morgan fingerprint density at radius 2 is 1.93 bits per heavy atom. The van der Waals surface area contributed by atoms with Crippen molar-refractivity contribution in [3.8, 4) is 17.2 Å². The lowest BCUT2D eigenvalue weighted by atomic mass is 9.99. The van der Waals surface area contributed by atoms with Crippen LogP contribution in [0.2, 0.25) is 0 Å². The molecule has 0 radical (unpaired) electrons. The molecular formula is C20H20FN5O3S. The average Bonchev–Trinajstić information content (AvgIpc) is 3.24. The van der Waals surface area contributed by atoms with Crippen LogP contribution < -0.4 is 9.47 Å². The number of thioether (sulfide) groups is 1. The van der Waals surface area contributed by atoms with E-state index in [0.29, 0.717) is 35.4 Å². The van der Waals surface area contributed by atoms with E-state index in [1.165, 1.54) is 28.6 Å². The lowest BCUT2D eigenvalue weighted by Gasteiger charge is -2.29. The summed E-state index contributed by atoms with van der Waals surface area (Å²) < 4.78 is 25.7. The van der Waals surface area contributed by atoms with E-state index in [1.807, 2.05) is 12.1 Å². The van der Waals surface area contributed by atoms with Crippen LogP contribution in [0.15, 0.2) is 41.6 Å². The number of ether oxygens (including phenoxy) is 2. The molecule has 1 aliphatic heterocycles. The maximum Gasteiger partial charge on any atom is 0.233 e. The van der Waals surface area contributed by atoms with Gasteiger partial charge in [0.15, 0.2) is 11.5 Å². The summed E-state index contributed by atoms with van der Waals surface area (Å²) in [6, 6.07) is 9.87. The smallest absolute Gasteiger partial charge is 0.233 e. The van der Waals surface area contributed by atoms with Crippen LogP contribution >= 0.6 is 11.8 Å². The largest absolute Gasteiger partial charge is 0.493 e. The molecule has 0 bridgehead atoms. The van der Waals surface area contributed by atoms with E-state index in [-0.39, 0.29) is 17.5 Å². The van der Waals surface area contributed by atoms with E-state index in [0.717, 1.165) is 17.5 Å². The molecule has 0 saturated heterocycles. The fourth-order valence-electron chi connectivity index (χ4n) is 3.35. The van der Waals surface area contributed by atoms with Crippen LogP contribution in [0.3, 0.4) is 0 Å². The third-order valence-electron chi connectivity index (χ3n) is 4.89. The number of halogens is 1. The minimum atomic E-state index is -0.380. The first kappa shape index (κ1) is 20.1. The Balaban J connectivity index is 1.43. The van der Waals surface area contributed by atoms with E-state index < -0.39 is 0 Å². The summed E-state index contributed by atoms with van der Waals surface area (Å²) in [6.45, 7) is 1.13. The molecule has 2 aromatic carbocycles. The Kier molecular flexibility index (Phi) is 5.84. The summed E-state index contributed by atoms with van der Waals surface area (Å²) in [7, 11) is 3.20. The Hall–Kier alpha value is -3.14. The quantitative estimate of drug-likeness (QED) is 0.557. The monoisotopic (exact) mass is 429 g/mol. The lowest BCUT2D eigenvalue weighted by molar-refractivity contribution is -0.129. The molecule has 0 aliphatic carbocycles. The first-order valence-corrected chi connectivity index (χ1v) is 10.3. The molecule has 0 saturated carbocycles. The van der Waals surface area contributed by atoms with Gasteiger partial charge in [-0.3, -0.25) is 4.79 Å². The molecule has 8 nitrogen and oxygen atoms in total. The van der Waals surface area contributed by atoms with Gasteiger partial charge in [-0.25, -0.2) is 4.39 Å². The number of nitrogens with zero attached hydrogens (tertiary/aromatic N) is 5. The fraction of sp³-hybridized carbons (Fsp3) is 0.300. The second-order valence-corrected chi connectivity index (χ2v) is 7.63. The minimum Gasteiger partial charge on any atom is -0.493 e. The molecule has 1 amide bonds. The van der Waals surface area contributed by atoms with E-state index >= 15 is 0 Å². The number of tetrazole rings is 1. The molecule has 0 atom stereocenters. The van der Waals surface area contributed by atoms with Gasteiger partial charge in [-0.05, 0) is 58.3 Å². The van der Waals surface area contributed by atoms with Crippen LogP contribution in [0.1, 0.15) is 11.1 Å². The van der Waals surface area contributed by atoms with Crippen molar-refractivity contribution in [1.82, 2.24) is 25.1 Å². The Bertz CT molecular complexity index is 1070. The third-order valence-corrected chi connectivity index (χ3v) is 5.79. The normalized spacial score (nSPS) is 13.1. The molecule has 0 spiro atoms. The number of carbonyl (C=O) groups excluding carboxylic acids is 1. The van der Waals surface area contributed by atoms with Gasteiger partial charge in [0.1, 0.15) is 5.82 Å². The van der Waals surface area contributed by atoms with Gasteiger partial charge in [0, 0.05) is 13.1 Å². The number of fused-ring (bicyclic) bond motifs is 1. The molecule has 0 unspecified atom stereocenters. The van der Waals surface area contributed by atoms with Gasteiger partial charge in [-0.2, -0.15) is 4.68 Å². The zero-order chi connectivity index (χ0) is 21.1. The molecule has 3 aromatic rings. The summed E-state index contributed by atoms with van der Waals surface area (Å²) >= 11 is 1.22. The first-order valence-electron chi connectivity index (χ1n) is 9.27. The molecule has 2 heterocycles. The van der Waals surface area contributed by atoms with Crippen molar-refractivity contribution in [1.29, 1.82) is 0 Å². The standard InChI is InChI=1S/C20H20FN5O3S/c1-28-17-8-13-6-7-25(11-14(13)9-18(17)29-2)19(27)12-30-20-22-23-24-26(20)16-5-3-4-15(21)10-16/h3-5,8-10H,6-7,11-12H2,1-2H3. The Morgan fingerprint density at radius 3 is 2.67 bits per heavy atom. The summed E-state index contributed by atoms with van der Waals surface area (Å²) in [5.74, 6) is 1.12. The van der Waals surface area contributed by atoms with Crippen LogP contribution in [0, 0.1) is 5.82 Å². The summed E-state index contributed by atoms with van der Waals surface area (Å²) in [4.78, 5) is 14.6. The second-order valence-electron chi connectivity index (χ2n) is 6.68. The van der Waals surface area contributed by atoms with Crippen molar-refractivity contribution >= 4 is 17.7 Å². The number of rotatable bonds is 6. The van der Waals surface area contributed by atoms with Crippen LogP contribution in [0.4, 0.5) is 4.39 Å². The SMILES string of the molecule is COc1cc2c(cc1OC)CN(C(=O)CSc1nnnn1-c1cccc(F)c1)CC2. The van der Waals surface area contributed by atoms with Crippen molar-refractivity contribution < 1.29 is 18.7 Å². The Morgan fingerprint density at radius 1 is 1.17 bits per heavy atom. The highest BCUT2D eigenvalue weighted by atomic mass is 32.2. The lowest BCUT2D eigenvalue weighted by Crippen LogP contribution is -2.37. The Labute approximate surface area is 177 Å². The number of aromatic nitrogens is 4. The highest BCUT2D eigenvalue weighted by molar-refractivity contribution is 7.99. The molecule has 0 fully saturated rings.